The average Bonchev–Trinajstić information content (AvgIpc) is 2.80. The smallest absolute Gasteiger partial charge is 0.306 e. The highest BCUT2D eigenvalue weighted by Crippen LogP contribution is 2.28. The van der Waals surface area contributed by atoms with Gasteiger partial charge in [0, 0.05) is 0 Å². The van der Waals surface area contributed by atoms with Gasteiger partial charge in [-0.3, -0.25) is 4.72 Å². The van der Waals surface area contributed by atoms with Crippen LogP contribution in [0.4, 0.5) is 5.69 Å². The summed E-state index contributed by atoms with van der Waals surface area (Å²) in [6, 6.07) is 8.14. The molecule has 1 aromatic heterocycles. The summed E-state index contributed by atoms with van der Waals surface area (Å²) in [5.74, 6) is 0. The van der Waals surface area contributed by atoms with E-state index in [1.807, 2.05) is 26.0 Å². The Hall–Kier alpha value is -2.25. The van der Waals surface area contributed by atoms with Crippen molar-refractivity contribution >= 4 is 38.3 Å². The molecule has 120 valence electrons. The first-order chi connectivity index (χ1) is 10.8. The topological polar surface area (TPSA) is 94.8 Å². The van der Waals surface area contributed by atoms with Gasteiger partial charge in [0.2, 0.25) is 0 Å². The second kappa shape index (κ2) is 5.43. The first kappa shape index (κ1) is 15.6. The third-order valence-corrected chi connectivity index (χ3v) is 5.31. The summed E-state index contributed by atoms with van der Waals surface area (Å²) in [6.45, 7) is 3.75. The van der Waals surface area contributed by atoms with Crippen LogP contribution in [0.5, 0.6) is 0 Å². The summed E-state index contributed by atoms with van der Waals surface area (Å²) in [6.07, 6.45) is 0. The average molecular weight is 352 g/mol. The van der Waals surface area contributed by atoms with Gasteiger partial charge in [-0.1, -0.05) is 29.3 Å². The van der Waals surface area contributed by atoms with Crippen molar-refractivity contribution in [3.63, 3.8) is 0 Å². The normalized spacial score (nSPS) is 11.8. The third kappa shape index (κ3) is 2.97. The van der Waals surface area contributed by atoms with Crippen LogP contribution in [0, 0.1) is 13.8 Å². The number of fused-ring (bicyclic) bond motifs is 1. The fourth-order valence-electron chi connectivity index (χ4n) is 2.37. The summed E-state index contributed by atoms with van der Waals surface area (Å²) >= 11 is 6.07. The minimum Gasteiger partial charge on any atom is -0.306 e. The van der Waals surface area contributed by atoms with Crippen LogP contribution >= 0.6 is 11.6 Å². The highest BCUT2D eigenvalue weighted by atomic mass is 35.5. The van der Waals surface area contributed by atoms with E-state index in [-0.39, 0.29) is 9.92 Å². The number of hydrogen-bond donors (Lipinski definition) is 3. The lowest BCUT2D eigenvalue weighted by molar-refractivity contribution is 0.601. The van der Waals surface area contributed by atoms with E-state index in [1.54, 1.807) is 6.07 Å². The molecular formula is C15H14ClN3O3S. The number of aromatic amines is 2. The first-order valence-electron chi connectivity index (χ1n) is 6.78. The Bertz CT molecular complexity index is 1070. The zero-order valence-electron chi connectivity index (χ0n) is 12.4. The molecule has 0 saturated carbocycles. The summed E-state index contributed by atoms with van der Waals surface area (Å²) in [4.78, 5) is 16.3. The lowest BCUT2D eigenvalue weighted by Crippen LogP contribution is -2.14. The molecule has 3 N–H and O–H groups in total. The van der Waals surface area contributed by atoms with Crippen LogP contribution in [0.25, 0.3) is 11.0 Å². The Morgan fingerprint density at radius 2 is 1.70 bits per heavy atom. The van der Waals surface area contributed by atoms with Crippen LogP contribution in [-0.2, 0) is 10.0 Å². The Morgan fingerprint density at radius 1 is 1.04 bits per heavy atom. The molecule has 2 aromatic carbocycles. The van der Waals surface area contributed by atoms with E-state index in [0.717, 1.165) is 11.1 Å². The van der Waals surface area contributed by atoms with Gasteiger partial charge in [0.25, 0.3) is 10.0 Å². The van der Waals surface area contributed by atoms with Gasteiger partial charge in [-0.05, 0) is 37.6 Å². The predicted molar refractivity (Wildman–Crippen MR) is 90.7 cm³/mol. The van der Waals surface area contributed by atoms with Gasteiger partial charge in [-0.25, -0.2) is 13.2 Å². The van der Waals surface area contributed by atoms with Crippen molar-refractivity contribution in [1.29, 1.82) is 0 Å². The largest absolute Gasteiger partial charge is 0.323 e. The van der Waals surface area contributed by atoms with Gasteiger partial charge >= 0.3 is 5.69 Å². The number of anilines is 1. The fraction of sp³-hybridized carbons (Fsp3) is 0.133. The number of benzene rings is 2. The van der Waals surface area contributed by atoms with Gasteiger partial charge in [0.05, 0.1) is 21.7 Å². The lowest BCUT2D eigenvalue weighted by Gasteiger charge is -2.12. The van der Waals surface area contributed by atoms with E-state index >= 15 is 0 Å². The van der Waals surface area contributed by atoms with Crippen molar-refractivity contribution in [2.24, 2.45) is 0 Å². The number of imidazole rings is 1. The highest BCUT2D eigenvalue weighted by Gasteiger charge is 2.20. The SMILES string of the molecule is Cc1ccc(NS(=O)(=O)c2cc3[nH]c(=O)[nH]c3cc2Cl)c(C)c1. The lowest BCUT2D eigenvalue weighted by atomic mass is 10.1. The number of aromatic nitrogens is 2. The van der Waals surface area contributed by atoms with E-state index < -0.39 is 15.7 Å². The maximum absolute atomic E-state index is 12.6. The molecule has 0 aliphatic carbocycles. The van der Waals surface area contributed by atoms with Crippen LogP contribution in [0.2, 0.25) is 5.02 Å². The molecule has 3 aromatic rings. The maximum atomic E-state index is 12.6. The number of nitrogens with one attached hydrogen (secondary N) is 3. The van der Waals surface area contributed by atoms with Gasteiger partial charge in [-0.2, -0.15) is 0 Å². The second-order valence-electron chi connectivity index (χ2n) is 5.33. The molecule has 0 fully saturated rings. The molecule has 3 rings (SSSR count). The number of H-pyrrole nitrogens is 2. The molecule has 6 nitrogen and oxygen atoms in total. The molecule has 1 heterocycles. The van der Waals surface area contributed by atoms with Gasteiger partial charge in [-0.15, -0.1) is 0 Å². The van der Waals surface area contributed by atoms with Gasteiger partial charge in [0.15, 0.2) is 0 Å². The number of aryl methyl sites for hydroxylation is 2. The molecule has 0 aliphatic rings. The number of halogens is 1. The monoisotopic (exact) mass is 351 g/mol. The number of rotatable bonds is 3. The molecule has 0 amide bonds. The maximum Gasteiger partial charge on any atom is 0.323 e. The van der Waals surface area contributed by atoms with Crippen LogP contribution in [0.1, 0.15) is 11.1 Å². The van der Waals surface area contributed by atoms with E-state index in [9.17, 15) is 13.2 Å². The fourth-order valence-corrected chi connectivity index (χ4v) is 4.06. The van der Waals surface area contributed by atoms with Crippen LogP contribution in [0.3, 0.4) is 0 Å². The quantitative estimate of drug-likeness (QED) is 0.677. The van der Waals surface area contributed by atoms with Crippen molar-refractivity contribution in [2.75, 3.05) is 4.72 Å². The van der Waals surface area contributed by atoms with Gasteiger partial charge in [0.1, 0.15) is 4.90 Å². The van der Waals surface area contributed by atoms with E-state index in [2.05, 4.69) is 14.7 Å². The predicted octanol–water partition coefficient (Wildman–Crippen LogP) is 2.93. The minimum absolute atomic E-state index is 0.0324. The standard InChI is InChI=1S/C15H14ClN3O3S/c1-8-3-4-11(9(2)5-8)19-23(21,22)14-7-13-12(6-10(14)16)17-15(20)18-13/h3-7,19H,1-2H3,(H2,17,18,20). The van der Waals surface area contributed by atoms with Crippen LogP contribution in [0.15, 0.2) is 40.0 Å². The van der Waals surface area contributed by atoms with E-state index in [0.29, 0.717) is 16.7 Å². The Kier molecular flexibility index (Phi) is 3.69. The number of sulfonamides is 1. The van der Waals surface area contributed by atoms with Crippen LogP contribution in [-0.4, -0.2) is 18.4 Å². The van der Waals surface area contributed by atoms with Crippen molar-refractivity contribution < 1.29 is 8.42 Å². The summed E-state index contributed by atoms with van der Waals surface area (Å²) in [5, 5.41) is 0.0324. The summed E-state index contributed by atoms with van der Waals surface area (Å²) < 4.78 is 27.8. The molecule has 8 heteroatoms. The zero-order valence-corrected chi connectivity index (χ0v) is 14.0. The third-order valence-electron chi connectivity index (χ3n) is 3.48. The summed E-state index contributed by atoms with van der Waals surface area (Å²) in [5.41, 5.74) is 2.73. The molecule has 23 heavy (non-hydrogen) atoms. The van der Waals surface area contributed by atoms with Gasteiger partial charge < -0.3 is 9.97 Å². The molecule has 0 unspecified atom stereocenters. The summed E-state index contributed by atoms with van der Waals surface area (Å²) in [7, 11) is -3.88. The van der Waals surface area contributed by atoms with Crippen LogP contribution < -0.4 is 10.4 Å². The van der Waals surface area contributed by atoms with Crippen molar-refractivity contribution in [2.45, 2.75) is 18.7 Å². The minimum atomic E-state index is -3.88. The molecule has 0 radical (unpaired) electrons. The number of hydrogen-bond acceptors (Lipinski definition) is 3. The zero-order chi connectivity index (χ0) is 16.8. The van der Waals surface area contributed by atoms with Crippen molar-refractivity contribution in [1.82, 2.24) is 9.97 Å². The van der Waals surface area contributed by atoms with E-state index in [4.69, 9.17) is 11.6 Å². The van der Waals surface area contributed by atoms with E-state index in [1.165, 1.54) is 12.1 Å². The Morgan fingerprint density at radius 3 is 2.35 bits per heavy atom. The molecule has 0 aliphatic heterocycles. The molecular weight excluding hydrogens is 338 g/mol. The first-order valence-corrected chi connectivity index (χ1v) is 8.64. The molecule has 0 spiro atoms. The molecule has 0 atom stereocenters. The molecule has 0 saturated heterocycles. The Labute approximate surface area is 137 Å². The highest BCUT2D eigenvalue weighted by molar-refractivity contribution is 7.92. The van der Waals surface area contributed by atoms with Crippen molar-refractivity contribution in [3.8, 4) is 0 Å². The Balaban J connectivity index is 2.08. The van der Waals surface area contributed by atoms with Crippen molar-refractivity contribution in [3.05, 3.63) is 57.0 Å². The molecule has 0 bridgehead atoms. The second-order valence-corrected chi connectivity index (χ2v) is 7.39.